The first-order chi connectivity index (χ1) is 18.2. The van der Waals surface area contributed by atoms with Gasteiger partial charge < -0.3 is 15.5 Å². The maximum absolute atomic E-state index is 13.3. The van der Waals surface area contributed by atoms with E-state index in [9.17, 15) is 14.4 Å². The van der Waals surface area contributed by atoms with Gasteiger partial charge in [-0.2, -0.15) is 5.10 Å². The molecule has 0 radical (unpaired) electrons. The third-order valence-corrected chi connectivity index (χ3v) is 8.31. The van der Waals surface area contributed by atoms with E-state index in [2.05, 4.69) is 40.7 Å². The van der Waals surface area contributed by atoms with Gasteiger partial charge in [-0.05, 0) is 67.0 Å². The number of rotatable bonds is 5. The average Bonchev–Trinajstić information content (AvgIpc) is 3.59. The lowest BCUT2D eigenvalue weighted by Gasteiger charge is -2.29. The lowest BCUT2D eigenvalue weighted by molar-refractivity contribution is -0.119. The number of nitrogens with zero attached hydrogens (tertiary/aromatic N) is 2. The quantitative estimate of drug-likeness (QED) is 0.483. The van der Waals surface area contributed by atoms with Gasteiger partial charge in [0.05, 0.1) is 17.8 Å². The van der Waals surface area contributed by atoms with Crippen LogP contribution in [0.4, 0.5) is 0 Å². The minimum atomic E-state index is -0.202. The molecule has 3 N–H and O–H groups in total. The number of fused-ring (bicyclic) bond motifs is 2. The number of benzene rings is 2. The molecule has 0 saturated carbocycles. The fraction of sp³-hybridized carbons (Fsp3) is 0.400. The third kappa shape index (κ3) is 4.38. The molecule has 3 amide bonds. The van der Waals surface area contributed by atoms with Gasteiger partial charge in [0.2, 0.25) is 5.91 Å². The van der Waals surface area contributed by atoms with Crippen molar-refractivity contribution in [3.63, 3.8) is 0 Å². The molecule has 1 saturated heterocycles. The number of H-pyrrole nitrogens is 1. The first-order valence-corrected chi connectivity index (χ1v) is 13.4. The number of hydrogen-bond donors (Lipinski definition) is 3. The first kappa shape index (κ1) is 24.4. The molecule has 8 heteroatoms. The normalized spacial score (nSPS) is 20.6. The van der Waals surface area contributed by atoms with E-state index in [1.165, 1.54) is 11.3 Å². The molecule has 1 unspecified atom stereocenters. The lowest BCUT2D eigenvalue weighted by atomic mass is 9.76. The molecular weight excluding hydrogens is 478 g/mol. The van der Waals surface area contributed by atoms with E-state index in [4.69, 9.17) is 0 Å². The largest absolute Gasteiger partial charge is 0.354 e. The van der Waals surface area contributed by atoms with Crippen LogP contribution in [-0.4, -0.2) is 45.4 Å². The van der Waals surface area contributed by atoms with Crippen LogP contribution in [0.1, 0.15) is 82.8 Å². The summed E-state index contributed by atoms with van der Waals surface area (Å²) in [5.41, 5.74) is 8.13. The van der Waals surface area contributed by atoms with Crippen LogP contribution in [-0.2, 0) is 24.2 Å². The van der Waals surface area contributed by atoms with Gasteiger partial charge in [0.15, 0.2) is 0 Å². The molecule has 1 aliphatic carbocycles. The first-order valence-electron chi connectivity index (χ1n) is 13.4. The third-order valence-electron chi connectivity index (χ3n) is 8.31. The molecule has 3 heterocycles. The Hall–Kier alpha value is -3.94. The van der Waals surface area contributed by atoms with Crippen molar-refractivity contribution in [1.82, 2.24) is 25.7 Å². The second kappa shape index (κ2) is 9.11. The monoisotopic (exact) mass is 511 g/mol. The zero-order valence-electron chi connectivity index (χ0n) is 22.1. The standard InChI is InChI=1S/C30H33N5O3/c1-17(18-4-6-19(7-5-18)28(37)32-22-13-26(36)31-15-22)35-16-21-12-20(8-9-23(21)29(35)38)27-24-10-11-30(2,3)14-25(24)33-34-27/h4-9,12,17,22H,10-11,13-16H2,1-3H3,(H,31,36)(H,32,37)(H,33,34)/t17-,22?/m1/s1. The van der Waals surface area contributed by atoms with Crippen LogP contribution in [0.5, 0.6) is 0 Å². The Labute approximate surface area is 222 Å². The molecule has 3 aromatic rings. The van der Waals surface area contributed by atoms with E-state index < -0.39 is 0 Å². The van der Waals surface area contributed by atoms with Gasteiger partial charge in [-0.15, -0.1) is 0 Å². The number of hydrogen-bond acceptors (Lipinski definition) is 4. The van der Waals surface area contributed by atoms with Gasteiger partial charge in [-0.25, -0.2) is 0 Å². The number of nitrogens with one attached hydrogen (secondary N) is 3. The lowest BCUT2D eigenvalue weighted by Crippen LogP contribution is -2.36. The molecule has 38 heavy (non-hydrogen) atoms. The maximum atomic E-state index is 13.3. The van der Waals surface area contributed by atoms with E-state index in [0.29, 0.717) is 25.1 Å². The highest BCUT2D eigenvalue weighted by atomic mass is 16.2. The van der Waals surface area contributed by atoms with Crippen molar-refractivity contribution in [2.24, 2.45) is 5.41 Å². The smallest absolute Gasteiger partial charge is 0.255 e. The van der Waals surface area contributed by atoms with Crippen LogP contribution in [0.2, 0.25) is 0 Å². The van der Waals surface area contributed by atoms with Crippen LogP contribution in [0, 0.1) is 5.41 Å². The van der Waals surface area contributed by atoms with Crippen LogP contribution in [0.25, 0.3) is 11.3 Å². The van der Waals surface area contributed by atoms with Crippen molar-refractivity contribution >= 4 is 17.7 Å². The molecule has 6 rings (SSSR count). The summed E-state index contributed by atoms with van der Waals surface area (Å²) in [5.74, 6) is -0.229. The molecule has 0 bridgehead atoms. The average molecular weight is 512 g/mol. The summed E-state index contributed by atoms with van der Waals surface area (Å²) in [6, 6.07) is 13.1. The summed E-state index contributed by atoms with van der Waals surface area (Å²) in [5, 5.41) is 13.5. The number of carbonyl (C=O) groups excluding carboxylic acids is 3. The van der Waals surface area contributed by atoms with Gasteiger partial charge in [0, 0.05) is 47.5 Å². The number of aromatic nitrogens is 2. The predicted molar refractivity (Wildman–Crippen MR) is 143 cm³/mol. The van der Waals surface area contributed by atoms with Crippen molar-refractivity contribution in [3.05, 3.63) is 76.0 Å². The van der Waals surface area contributed by atoms with Gasteiger partial charge in [0.1, 0.15) is 0 Å². The fourth-order valence-corrected chi connectivity index (χ4v) is 5.96. The maximum Gasteiger partial charge on any atom is 0.255 e. The minimum Gasteiger partial charge on any atom is -0.354 e. The fourth-order valence-electron chi connectivity index (χ4n) is 5.96. The van der Waals surface area contributed by atoms with Crippen molar-refractivity contribution < 1.29 is 14.4 Å². The van der Waals surface area contributed by atoms with E-state index >= 15 is 0 Å². The molecule has 3 aliphatic rings. The number of carbonyl (C=O) groups is 3. The molecule has 0 spiro atoms. The molecule has 196 valence electrons. The summed E-state index contributed by atoms with van der Waals surface area (Å²) in [7, 11) is 0. The SMILES string of the molecule is C[C@H](c1ccc(C(=O)NC2CNC(=O)C2)cc1)N1Cc2cc(-c3n[nH]c4c3CCC(C)(C)C4)ccc2C1=O. The molecule has 2 aromatic carbocycles. The summed E-state index contributed by atoms with van der Waals surface area (Å²) < 4.78 is 0. The Balaban J connectivity index is 1.16. The van der Waals surface area contributed by atoms with Crippen molar-refractivity contribution in [2.75, 3.05) is 6.54 Å². The van der Waals surface area contributed by atoms with Crippen molar-refractivity contribution in [1.29, 1.82) is 0 Å². The van der Waals surface area contributed by atoms with Gasteiger partial charge in [0.25, 0.3) is 11.8 Å². The Morgan fingerprint density at radius 2 is 1.95 bits per heavy atom. The molecule has 2 atom stereocenters. The number of amides is 3. The Morgan fingerprint density at radius 3 is 2.68 bits per heavy atom. The number of aromatic amines is 1. The zero-order chi connectivity index (χ0) is 26.6. The second-order valence-electron chi connectivity index (χ2n) is 11.7. The Kier molecular flexibility index (Phi) is 5.85. The second-order valence-corrected chi connectivity index (χ2v) is 11.7. The zero-order valence-corrected chi connectivity index (χ0v) is 22.1. The highest BCUT2D eigenvalue weighted by Gasteiger charge is 2.33. The summed E-state index contributed by atoms with van der Waals surface area (Å²) in [6.07, 6.45) is 3.46. The van der Waals surface area contributed by atoms with Crippen molar-refractivity contribution in [3.8, 4) is 11.3 Å². The van der Waals surface area contributed by atoms with Crippen LogP contribution in [0.15, 0.2) is 42.5 Å². The van der Waals surface area contributed by atoms with E-state index in [1.54, 1.807) is 12.1 Å². The highest BCUT2D eigenvalue weighted by Crippen LogP contribution is 2.39. The molecule has 2 aliphatic heterocycles. The van der Waals surface area contributed by atoms with Crippen LogP contribution in [0.3, 0.4) is 0 Å². The van der Waals surface area contributed by atoms with Crippen molar-refractivity contribution in [2.45, 2.75) is 65.1 Å². The molecule has 1 aromatic heterocycles. The highest BCUT2D eigenvalue weighted by molar-refractivity contribution is 5.99. The Morgan fingerprint density at radius 1 is 1.16 bits per heavy atom. The predicted octanol–water partition coefficient (Wildman–Crippen LogP) is 3.93. The van der Waals surface area contributed by atoms with Gasteiger partial charge in [-0.3, -0.25) is 19.5 Å². The topological polar surface area (TPSA) is 107 Å². The van der Waals surface area contributed by atoms with Gasteiger partial charge >= 0.3 is 0 Å². The molecule has 1 fully saturated rings. The minimum absolute atomic E-state index is 0.0186. The van der Waals surface area contributed by atoms with Gasteiger partial charge in [-0.1, -0.05) is 32.0 Å². The summed E-state index contributed by atoms with van der Waals surface area (Å²) in [4.78, 5) is 39.1. The van der Waals surface area contributed by atoms with Crippen LogP contribution >= 0.6 is 0 Å². The van der Waals surface area contributed by atoms with Crippen LogP contribution < -0.4 is 10.6 Å². The van der Waals surface area contributed by atoms with E-state index in [0.717, 1.165) is 47.2 Å². The summed E-state index contributed by atoms with van der Waals surface area (Å²) in [6.45, 7) is 7.61. The molecular formula is C30H33N5O3. The molecule has 8 nitrogen and oxygen atoms in total. The Bertz CT molecular complexity index is 1440. The van der Waals surface area contributed by atoms with E-state index in [1.807, 2.05) is 36.1 Å². The summed E-state index contributed by atoms with van der Waals surface area (Å²) >= 11 is 0. The van der Waals surface area contributed by atoms with E-state index in [-0.39, 0.29) is 35.2 Å².